The van der Waals surface area contributed by atoms with Gasteiger partial charge in [0.25, 0.3) is 0 Å². The SMILES string of the molecule is C/C=C/CCc1ccc(CC/C=C/CCC)cc1. The first-order chi connectivity index (χ1) is 8.86. The van der Waals surface area contributed by atoms with Gasteiger partial charge in [-0.15, -0.1) is 0 Å². The average molecular weight is 242 g/mol. The molecule has 0 bridgehead atoms. The van der Waals surface area contributed by atoms with Gasteiger partial charge in [-0.3, -0.25) is 0 Å². The van der Waals surface area contributed by atoms with E-state index in [1.165, 1.54) is 24.0 Å². The molecule has 0 amide bonds. The van der Waals surface area contributed by atoms with Crippen LogP contribution in [0.2, 0.25) is 0 Å². The fourth-order valence-corrected chi connectivity index (χ4v) is 1.94. The molecule has 0 aliphatic rings. The summed E-state index contributed by atoms with van der Waals surface area (Å²) in [5, 5.41) is 0. The maximum absolute atomic E-state index is 2.31. The lowest BCUT2D eigenvalue weighted by molar-refractivity contribution is 0.934. The van der Waals surface area contributed by atoms with E-state index in [4.69, 9.17) is 0 Å². The highest BCUT2D eigenvalue weighted by Gasteiger charge is 1.93. The number of hydrogen-bond donors (Lipinski definition) is 0. The summed E-state index contributed by atoms with van der Waals surface area (Å²) in [6.07, 6.45) is 16.0. The molecule has 0 unspecified atom stereocenters. The van der Waals surface area contributed by atoms with Crippen molar-refractivity contribution in [3.63, 3.8) is 0 Å². The molecule has 18 heavy (non-hydrogen) atoms. The fraction of sp³-hybridized carbons (Fsp3) is 0.444. The molecule has 0 radical (unpaired) electrons. The Kier molecular flexibility index (Phi) is 7.96. The predicted molar refractivity (Wildman–Crippen MR) is 81.9 cm³/mol. The minimum atomic E-state index is 1.15. The van der Waals surface area contributed by atoms with E-state index in [2.05, 4.69) is 62.4 Å². The summed E-state index contributed by atoms with van der Waals surface area (Å²) in [7, 11) is 0. The third-order valence-corrected chi connectivity index (χ3v) is 3.08. The normalized spacial score (nSPS) is 11.7. The van der Waals surface area contributed by atoms with E-state index in [1.807, 2.05) is 0 Å². The van der Waals surface area contributed by atoms with Crippen molar-refractivity contribution in [3.8, 4) is 0 Å². The molecule has 0 heterocycles. The second-order valence-electron chi connectivity index (χ2n) is 4.72. The zero-order valence-corrected chi connectivity index (χ0v) is 11.9. The molecule has 0 fully saturated rings. The standard InChI is InChI=1S/C18H26/c1-3-5-7-8-10-12-18-15-13-17(14-16-18)11-9-6-4-2/h4,6-8,13-16H,3,5,9-12H2,1-2H3/b6-4+,8-7+. The van der Waals surface area contributed by atoms with Gasteiger partial charge in [0.1, 0.15) is 0 Å². The van der Waals surface area contributed by atoms with Crippen LogP contribution in [0.3, 0.4) is 0 Å². The Hall–Kier alpha value is -1.30. The third-order valence-electron chi connectivity index (χ3n) is 3.08. The van der Waals surface area contributed by atoms with Gasteiger partial charge in [0.15, 0.2) is 0 Å². The molecule has 0 aliphatic heterocycles. The van der Waals surface area contributed by atoms with Crippen LogP contribution >= 0.6 is 0 Å². The molecule has 0 N–H and O–H groups in total. The van der Waals surface area contributed by atoms with Crippen LogP contribution in [0.15, 0.2) is 48.6 Å². The Morgan fingerprint density at radius 3 is 1.78 bits per heavy atom. The minimum Gasteiger partial charge on any atom is -0.0917 e. The molecule has 1 aromatic rings. The number of rotatable bonds is 8. The summed E-state index contributed by atoms with van der Waals surface area (Å²) in [5.41, 5.74) is 2.89. The largest absolute Gasteiger partial charge is 0.0917 e. The quantitative estimate of drug-likeness (QED) is 0.529. The molecule has 0 nitrogen and oxygen atoms in total. The van der Waals surface area contributed by atoms with Gasteiger partial charge < -0.3 is 0 Å². The number of benzene rings is 1. The molecule has 0 saturated carbocycles. The van der Waals surface area contributed by atoms with E-state index in [0.29, 0.717) is 0 Å². The summed E-state index contributed by atoms with van der Waals surface area (Å²) in [5.74, 6) is 0. The van der Waals surface area contributed by atoms with Gasteiger partial charge in [-0.2, -0.15) is 0 Å². The molecule has 0 aliphatic carbocycles. The van der Waals surface area contributed by atoms with Crippen molar-refractivity contribution < 1.29 is 0 Å². The Labute approximate surface area is 112 Å². The van der Waals surface area contributed by atoms with Gasteiger partial charge in [-0.1, -0.05) is 61.9 Å². The summed E-state index contributed by atoms with van der Waals surface area (Å²) in [6.45, 7) is 4.30. The maximum atomic E-state index is 2.31. The first kappa shape index (κ1) is 14.8. The van der Waals surface area contributed by atoms with Gasteiger partial charge in [0.2, 0.25) is 0 Å². The zero-order chi connectivity index (χ0) is 13.1. The first-order valence-corrected chi connectivity index (χ1v) is 7.20. The summed E-state index contributed by atoms with van der Waals surface area (Å²) in [4.78, 5) is 0. The minimum absolute atomic E-state index is 1.15. The summed E-state index contributed by atoms with van der Waals surface area (Å²) < 4.78 is 0. The summed E-state index contributed by atoms with van der Waals surface area (Å²) in [6, 6.07) is 9.10. The van der Waals surface area contributed by atoms with Crippen molar-refractivity contribution in [1.82, 2.24) is 0 Å². The number of unbranched alkanes of at least 4 members (excludes halogenated alkanes) is 1. The lowest BCUT2D eigenvalue weighted by Gasteiger charge is -2.02. The molecular formula is C18H26. The monoisotopic (exact) mass is 242 g/mol. The molecule has 0 saturated heterocycles. The van der Waals surface area contributed by atoms with Crippen molar-refractivity contribution in [2.75, 3.05) is 0 Å². The Balaban J connectivity index is 2.31. The van der Waals surface area contributed by atoms with Gasteiger partial charge >= 0.3 is 0 Å². The first-order valence-electron chi connectivity index (χ1n) is 7.20. The van der Waals surface area contributed by atoms with Crippen LogP contribution in [-0.4, -0.2) is 0 Å². The van der Waals surface area contributed by atoms with Crippen LogP contribution in [0.5, 0.6) is 0 Å². The van der Waals surface area contributed by atoms with E-state index in [9.17, 15) is 0 Å². The van der Waals surface area contributed by atoms with Gasteiger partial charge in [-0.25, -0.2) is 0 Å². The second-order valence-corrected chi connectivity index (χ2v) is 4.72. The highest BCUT2D eigenvalue weighted by molar-refractivity contribution is 5.23. The van der Waals surface area contributed by atoms with E-state index in [0.717, 1.165) is 25.7 Å². The smallest absolute Gasteiger partial charge is 0.0244 e. The van der Waals surface area contributed by atoms with E-state index in [-0.39, 0.29) is 0 Å². The van der Waals surface area contributed by atoms with E-state index >= 15 is 0 Å². The van der Waals surface area contributed by atoms with E-state index < -0.39 is 0 Å². The average Bonchev–Trinajstić information content (AvgIpc) is 2.40. The topological polar surface area (TPSA) is 0 Å². The molecule has 0 atom stereocenters. The number of aryl methyl sites for hydroxylation is 2. The van der Waals surface area contributed by atoms with Crippen molar-refractivity contribution in [1.29, 1.82) is 0 Å². The fourth-order valence-electron chi connectivity index (χ4n) is 1.94. The van der Waals surface area contributed by atoms with Crippen LogP contribution < -0.4 is 0 Å². The highest BCUT2D eigenvalue weighted by Crippen LogP contribution is 2.09. The zero-order valence-electron chi connectivity index (χ0n) is 11.9. The van der Waals surface area contributed by atoms with E-state index in [1.54, 1.807) is 0 Å². The van der Waals surface area contributed by atoms with Gasteiger partial charge in [0, 0.05) is 0 Å². The van der Waals surface area contributed by atoms with Crippen LogP contribution in [0.4, 0.5) is 0 Å². The van der Waals surface area contributed by atoms with Crippen molar-refractivity contribution >= 4 is 0 Å². The molecule has 1 aromatic carbocycles. The van der Waals surface area contributed by atoms with Gasteiger partial charge in [0.05, 0.1) is 0 Å². The van der Waals surface area contributed by atoms with Crippen LogP contribution in [-0.2, 0) is 12.8 Å². The van der Waals surface area contributed by atoms with Crippen LogP contribution in [0.25, 0.3) is 0 Å². The third kappa shape index (κ3) is 6.44. The Morgan fingerprint density at radius 1 is 0.778 bits per heavy atom. The maximum Gasteiger partial charge on any atom is -0.0244 e. The lowest BCUT2D eigenvalue weighted by atomic mass is 10.0. The highest BCUT2D eigenvalue weighted by atomic mass is 14.0. The summed E-state index contributed by atoms with van der Waals surface area (Å²) >= 11 is 0. The number of allylic oxidation sites excluding steroid dienone is 4. The molecule has 98 valence electrons. The van der Waals surface area contributed by atoms with Crippen molar-refractivity contribution in [3.05, 3.63) is 59.7 Å². The predicted octanol–water partition coefficient (Wildman–Crippen LogP) is 5.48. The molecule has 0 aromatic heterocycles. The van der Waals surface area contributed by atoms with Crippen molar-refractivity contribution in [2.45, 2.75) is 52.4 Å². The second kappa shape index (κ2) is 9.70. The molecule has 0 spiro atoms. The van der Waals surface area contributed by atoms with Crippen LogP contribution in [0, 0.1) is 0 Å². The van der Waals surface area contributed by atoms with Crippen molar-refractivity contribution in [2.24, 2.45) is 0 Å². The van der Waals surface area contributed by atoms with Gasteiger partial charge in [-0.05, 0) is 50.2 Å². The Bertz CT molecular complexity index is 354. The number of hydrogen-bond acceptors (Lipinski definition) is 0. The molecule has 1 rings (SSSR count). The Morgan fingerprint density at radius 2 is 1.28 bits per heavy atom. The lowest BCUT2D eigenvalue weighted by Crippen LogP contribution is -1.87. The molecular weight excluding hydrogens is 216 g/mol. The van der Waals surface area contributed by atoms with Crippen LogP contribution in [0.1, 0.15) is 50.7 Å². The molecule has 0 heteroatoms.